The van der Waals surface area contributed by atoms with Gasteiger partial charge in [0.1, 0.15) is 95.5 Å². The van der Waals surface area contributed by atoms with Crippen LogP contribution in [0.2, 0.25) is 10.0 Å². The van der Waals surface area contributed by atoms with Crippen molar-refractivity contribution in [3.8, 4) is 57.1 Å². The van der Waals surface area contributed by atoms with Gasteiger partial charge in [-0.25, -0.2) is 0 Å². The Morgan fingerprint density at radius 1 is 0.676 bits per heavy atom. The second-order valence-corrected chi connectivity index (χ2v) is 31.7. The number of aromatic hydroxyl groups is 3. The van der Waals surface area contributed by atoms with Gasteiger partial charge in [0.25, 0.3) is 0 Å². The third kappa shape index (κ3) is 16.4. The fourth-order valence-electron chi connectivity index (χ4n) is 16.9. The third-order valence-corrected chi connectivity index (χ3v) is 22.9. The van der Waals surface area contributed by atoms with Crippen LogP contribution < -0.4 is 68.2 Å². The summed E-state index contributed by atoms with van der Waals surface area (Å²) >= 11 is 14.3. The van der Waals surface area contributed by atoms with Gasteiger partial charge in [-0.15, -0.1) is 0 Å². The van der Waals surface area contributed by atoms with Gasteiger partial charge < -0.3 is 128 Å². The number of rotatable bonds is 14. The molecule has 4 saturated carbocycles. The summed E-state index contributed by atoms with van der Waals surface area (Å²) in [4.78, 5) is 121. The van der Waals surface area contributed by atoms with Crippen LogP contribution in [-0.4, -0.2) is 192 Å². The Kier molecular flexibility index (Phi) is 23.1. The number of aliphatic hydroxyl groups excluding tert-OH is 6. The first kappa shape index (κ1) is 79.9. The number of phenolic OH excluding ortho intramolecular Hbond substituents is 3. The van der Waals surface area contributed by atoms with Crippen molar-refractivity contribution in [1.29, 1.82) is 0 Å². The molecular formula is C76H90Cl2N10O23. The number of carbonyl (C=O) groups is 8. The van der Waals surface area contributed by atoms with Gasteiger partial charge in [0.15, 0.2) is 23.9 Å². The van der Waals surface area contributed by atoms with E-state index in [9.17, 15) is 60.3 Å². The second kappa shape index (κ2) is 32.1. The van der Waals surface area contributed by atoms with Gasteiger partial charge in [-0.2, -0.15) is 0 Å². The van der Waals surface area contributed by atoms with Crippen molar-refractivity contribution in [3.63, 3.8) is 0 Å². The molecule has 21 N–H and O–H groups in total. The quantitative estimate of drug-likeness (QED) is 0.0755. The molecule has 33 nitrogen and oxygen atoms in total. The van der Waals surface area contributed by atoms with E-state index < -0.39 is 210 Å². The highest BCUT2D eigenvalue weighted by Gasteiger charge is 2.53. The lowest BCUT2D eigenvalue weighted by Gasteiger charge is -2.54. The molecule has 8 amide bonds. The first-order valence-corrected chi connectivity index (χ1v) is 37.4. The minimum atomic E-state index is -2.32. The average Bonchev–Trinajstić information content (AvgIpc) is 0.756. The number of primary amides is 1. The lowest BCUT2D eigenvalue weighted by molar-refractivity contribution is -0.333. The van der Waals surface area contributed by atoms with Crippen LogP contribution in [-0.2, 0) is 52.6 Å². The molecule has 16 rings (SSSR count). The summed E-state index contributed by atoms with van der Waals surface area (Å²) in [6.45, 7) is 5.73. The van der Waals surface area contributed by atoms with Crippen molar-refractivity contribution < 1.29 is 113 Å². The fourth-order valence-corrected chi connectivity index (χ4v) is 17.4. The van der Waals surface area contributed by atoms with Gasteiger partial charge >= 0.3 is 0 Å². The Morgan fingerprint density at radius 2 is 1.28 bits per heavy atom. The van der Waals surface area contributed by atoms with E-state index in [0.29, 0.717) is 11.8 Å². The molecule has 4 aliphatic carbocycles. The number of ether oxygens (including phenoxy) is 6. The molecule has 111 heavy (non-hydrogen) atoms. The first-order valence-electron chi connectivity index (χ1n) is 36.7. The monoisotopic (exact) mass is 1580 g/mol. The predicted molar refractivity (Wildman–Crippen MR) is 391 cm³/mol. The molecule has 0 unspecified atom stereocenters. The maximum atomic E-state index is 16.3. The molecule has 11 aliphatic rings. The third-order valence-electron chi connectivity index (χ3n) is 22.3. The van der Waals surface area contributed by atoms with Gasteiger partial charge in [-0.1, -0.05) is 55.2 Å². The number of halogens is 2. The molecule has 596 valence electrons. The molecule has 18 atom stereocenters. The van der Waals surface area contributed by atoms with E-state index in [0.717, 1.165) is 86.7 Å². The number of benzene rings is 5. The molecule has 7 heterocycles. The summed E-state index contributed by atoms with van der Waals surface area (Å²) < 4.78 is 38.7. The van der Waals surface area contributed by atoms with Crippen LogP contribution in [0.15, 0.2) is 78.9 Å². The van der Waals surface area contributed by atoms with E-state index in [1.807, 2.05) is 13.8 Å². The number of amides is 8. The lowest BCUT2D eigenvalue weighted by atomic mass is 9.54. The van der Waals surface area contributed by atoms with E-state index in [2.05, 4.69) is 42.5 Å². The summed E-state index contributed by atoms with van der Waals surface area (Å²) in [5.41, 5.74) is 8.92. The van der Waals surface area contributed by atoms with Crippen molar-refractivity contribution in [3.05, 3.63) is 117 Å². The van der Waals surface area contributed by atoms with E-state index in [1.165, 1.54) is 45.2 Å². The number of likely N-dealkylation sites (N-methyl/N-ethyl adjacent to an activating group) is 1. The summed E-state index contributed by atoms with van der Waals surface area (Å²) in [6, 6.07) is 0.574. The molecular weight excluding hydrogens is 1490 g/mol. The molecule has 5 aromatic rings. The van der Waals surface area contributed by atoms with Gasteiger partial charge in [0.2, 0.25) is 59.3 Å². The first-order chi connectivity index (χ1) is 52.6. The van der Waals surface area contributed by atoms with E-state index in [-0.39, 0.29) is 91.6 Å². The molecule has 0 radical (unpaired) electrons. The molecule has 7 aliphatic heterocycles. The van der Waals surface area contributed by atoms with Gasteiger partial charge in [0.05, 0.1) is 41.3 Å². The standard InChI is InChI=1S/C76H90Cl2N10O23/c1-28(2)12-43(81-5)68(99)87-59-61(94)33-7-10-47(41(77)19-33)107-49-21-37-22-50(65(49)111-75-66(64(97)63(96)51(27-89)109-75)110-53-26-76(4,80)67(98)29(3)106-53)108-48-11-8-34(20-42(48)78)62(95)60-74(105)86-58(72(103)83-55-35-14-30-13-31(16-35)17-36(55)15-30)40-23-38(90)24-46(92)54(40)39-18-32(6-9-45(39)91)56(70(101)88-60)85-71(102)57(37)84-69(100)44(25-52(79)93)82-73(59)104/h6-11,18-24,28-31,35-36,43-44,51,53,55-64,66-67,75,81,89-92,94-98H,12-17,25-27,80H2,1-5H3,(H2,79,93)(H,82,104)(H,83,103)(H,84,100)(H,85,102)(H,86,105)(H,87,99)(H,88,101)/t29-,30?,31?,35?,36?,43+,44-,51+,53-,55?,56+,57+,58-,59+,60-,61+,62+,63+,64-,66+,67+,75-,76-/m0/s1. The fraction of sp³-hybridized carbons (Fsp3) is 0.500. The molecule has 15 bridgehead atoms. The molecule has 35 heteroatoms. The lowest BCUT2D eigenvalue weighted by Crippen LogP contribution is -2.64. The number of hydrogen-bond donors (Lipinski definition) is 19. The predicted octanol–water partition coefficient (Wildman–Crippen LogP) is 1.96. The molecule has 0 spiro atoms. The zero-order chi connectivity index (χ0) is 79.7. The Balaban J connectivity index is 1.01. The van der Waals surface area contributed by atoms with Crippen LogP contribution in [0.25, 0.3) is 11.1 Å². The van der Waals surface area contributed by atoms with Crippen LogP contribution in [0.1, 0.15) is 137 Å². The van der Waals surface area contributed by atoms with Gasteiger partial charge in [-0.3, -0.25) is 38.4 Å². The van der Waals surface area contributed by atoms with Gasteiger partial charge in [-0.05, 0) is 171 Å². The maximum absolute atomic E-state index is 16.3. The second-order valence-electron chi connectivity index (χ2n) is 30.8. The summed E-state index contributed by atoms with van der Waals surface area (Å²) in [5.74, 6) is -13.0. The maximum Gasteiger partial charge on any atom is 0.248 e. The number of nitrogens with two attached hydrogens (primary N) is 2. The summed E-state index contributed by atoms with van der Waals surface area (Å²) in [5, 5.41) is 126. The van der Waals surface area contributed by atoms with E-state index in [4.69, 9.17) is 63.1 Å². The van der Waals surface area contributed by atoms with E-state index in [1.54, 1.807) is 0 Å². The van der Waals surface area contributed by atoms with Crippen LogP contribution in [0.4, 0.5) is 0 Å². The number of hydrogen-bond acceptors (Lipinski definition) is 25. The van der Waals surface area contributed by atoms with Gasteiger partial charge in [0, 0.05) is 35.2 Å². The topological polar surface area (TPSA) is 522 Å². The molecule has 6 fully saturated rings. The van der Waals surface area contributed by atoms with Crippen molar-refractivity contribution >= 4 is 70.5 Å². The van der Waals surface area contributed by atoms with Crippen molar-refractivity contribution in [2.45, 2.75) is 194 Å². The van der Waals surface area contributed by atoms with Crippen LogP contribution in [0.3, 0.4) is 0 Å². The number of carbonyl (C=O) groups excluding carboxylic acids is 8. The normalized spacial score (nSPS) is 32.8. The largest absolute Gasteiger partial charge is 0.508 e. The smallest absolute Gasteiger partial charge is 0.248 e. The average molecular weight is 1580 g/mol. The van der Waals surface area contributed by atoms with Crippen molar-refractivity contribution in [2.75, 3.05) is 13.7 Å². The minimum Gasteiger partial charge on any atom is -0.508 e. The Hall–Kier alpha value is -9.20. The summed E-state index contributed by atoms with van der Waals surface area (Å²) in [6.07, 6.45) is -13.9. The number of fused-ring (bicyclic) bond motifs is 15. The highest BCUT2D eigenvalue weighted by Crippen LogP contribution is 2.55. The number of nitrogens with one attached hydrogen (secondary N) is 8. The van der Waals surface area contributed by atoms with Crippen molar-refractivity contribution in [2.24, 2.45) is 41.1 Å². The molecule has 0 aromatic heterocycles. The van der Waals surface area contributed by atoms with Crippen LogP contribution >= 0.6 is 23.2 Å². The van der Waals surface area contributed by atoms with Crippen LogP contribution in [0.5, 0.6) is 46.0 Å². The molecule has 2 saturated heterocycles. The zero-order valence-electron chi connectivity index (χ0n) is 60.8. The molecule has 5 aromatic carbocycles. The zero-order valence-corrected chi connectivity index (χ0v) is 62.3. The highest BCUT2D eigenvalue weighted by molar-refractivity contribution is 6.32. The minimum absolute atomic E-state index is 0.0745. The Morgan fingerprint density at radius 3 is 1.87 bits per heavy atom. The van der Waals surface area contributed by atoms with Crippen molar-refractivity contribution in [1.82, 2.24) is 42.5 Å². The van der Waals surface area contributed by atoms with E-state index >= 15 is 24.0 Å². The number of aliphatic hydroxyl groups is 6. The Labute approximate surface area is 645 Å². The van der Waals surface area contributed by atoms with Crippen LogP contribution in [0, 0.1) is 29.6 Å². The highest BCUT2D eigenvalue weighted by atomic mass is 35.5. The SMILES string of the molecule is CN[C@H](CC(C)C)C(=O)N[C@H]1C(=O)N[C@@H](CC(N)=O)C(=O)N[C@H]2C(=O)N[C@H]3C(=O)N[C@H](C(=O)N[C@H](C(=O)NC4C5CC6CC(C5)CC4C6)c4cc(O)cc(O)c4-c4cc3ccc4O)[C@H](O)c3ccc(c(Cl)c3)Oc3cc2cc(c3O[C@@H]2O[C@H](CO)[C@@H](O)[C@H](O)[C@H]2O[C@H]2C[C@](C)(N)[C@H](O)[C@H](C)O2)Oc2ccc(cc2Cl)[C@H]1O. The summed E-state index contributed by atoms with van der Waals surface area (Å²) in [7, 11) is 1.49. The number of phenols is 3. The Bertz CT molecular complexity index is 4450.